The van der Waals surface area contributed by atoms with E-state index in [2.05, 4.69) is 0 Å². The summed E-state index contributed by atoms with van der Waals surface area (Å²) < 4.78 is 52.2. The SMILES string of the molecule is N=S(=O)(OS(N)(=O)=O)N(C1CCCCCCCCCCC1)C1CCCCCCCCCCC1. The Balaban J connectivity index is 2.27. The van der Waals surface area contributed by atoms with E-state index in [0.717, 1.165) is 77.0 Å². The van der Waals surface area contributed by atoms with E-state index in [1.165, 1.54) is 64.2 Å². The highest BCUT2D eigenvalue weighted by atomic mass is 32.3. The van der Waals surface area contributed by atoms with Crippen LogP contribution in [0.1, 0.15) is 141 Å². The lowest BCUT2D eigenvalue weighted by molar-refractivity contribution is 0.188. The molecular formula is C24H49N3O4S2. The van der Waals surface area contributed by atoms with Crippen LogP contribution in [0.4, 0.5) is 0 Å². The summed E-state index contributed by atoms with van der Waals surface area (Å²) in [5, 5.41) is 5.12. The second-order valence-corrected chi connectivity index (χ2v) is 13.1. The molecule has 9 heteroatoms. The van der Waals surface area contributed by atoms with Crippen molar-refractivity contribution in [1.29, 1.82) is 4.78 Å². The highest BCUT2D eigenvalue weighted by molar-refractivity contribution is 7.98. The van der Waals surface area contributed by atoms with Gasteiger partial charge in [-0.15, -0.1) is 3.63 Å². The van der Waals surface area contributed by atoms with Gasteiger partial charge in [-0.05, 0) is 25.7 Å². The molecule has 196 valence electrons. The van der Waals surface area contributed by atoms with Crippen LogP contribution in [0.15, 0.2) is 0 Å². The first-order valence-electron chi connectivity index (χ1n) is 13.6. The van der Waals surface area contributed by atoms with Gasteiger partial charge in [0.15, 0.2) is 0 Å². The normalized spacial score (nSPS) is 25.2. The molecule has 0 amide bonds. The summed E-state index contributed by atoms with van der Waals surface area (Å²) in [6.45, 7) is 0. The molecule has 2 rings (SSSR count). The maximum absolute atomic E-state index is 13.6. The third kappa shape index (κ3) is 12.3. The van der Waals surface area contributed by atoms with E-state index in [0.29, 0.717) is 0 Å². The fraction of sp³-hybridized carbons (Fsp3) is 1.00. The van der Waals surface area contributed by atoms with Gasteiger partial charge in [-0.1, -0.05) is 116 Å². The Morgan fingerprint density at radius 1 is 0.545 bits per heavy atom. The van der Waals surface area contributed by atoms with E-state index in [4.69, 9.17) is 13.5 Å². The Kier molecular flexibility index (Phi) is 13.8. The minimum Gasteiger partial charge on any atom is -0.216 e. The van der Waals surface area contributed by atoms with Crippen molar-refractivity contribution < 1.29 is 16.3 Å². The molecule has 2 aliphatic carbocycles. The first-order valence-corrected chi connectivity index (χ1v) is 16.5. The Morgan fingerprint density at radius 2 is 0.788 bits per heavy atom. The van der Waals surface area contributed by atoms with Crippen LogP contribution in [-0.2, 0) is 24.1 Å². The molecule has 0 radical (unpaired) electrons. The Bertz CT molecular complexity index is 674. The van der Waals surface area contributed by atoms with E-state index in [1.54, 1.807) is 4.31 Å². The molecule has 0 aromatic carbocycles. The fourth-order valence-electron chi connectivity index (χ4n) is 5.65. The standard InChI is InChI=1S/C24H49N3O4S2/c25-32(28,31-33(26,29)30)27(23-19-15-11-7-3-1-4-8-12-16-20-23)24-21-17-13-9-5-2-6-10-14-18-22-24/h23-25H,1-22H2,(H2,26,29,30). The van der Waals surface area contributed by atoms with Gasteiger partial charge in [0.1, 0.15) is 0 Å². The first kappa shape index (κ1) is 29.0. The summed E-state index contributed by atoms with van der Waals surface area (Å²) in [7, 11) is -8.48. The second kappa shape index (κ2) is 15.7. The molecule has 0 heterocycles. The second-order valence-electron chi connectivity index (χ2n) is 10.2. The molecule has 0 aromatic rings. The molecule has 2 aliphatic rings. The zero-order valence-electron chi connectivity index (χ0n) is 20.7. The lowest BCUT2D eigenvalue weighted by atomic mass is 9.94. The smallest absolute Gasteiger partial charge is 0.216 e. The van der Waals surface area contributed by atoms with Crippen molar-refractivity contribution in [2.75, 3.05) is 0 Å². The number of nitrogens with zero attached hydrogens (tertiary/aromatic N) is 1. The van der Waals surface area contributed by atoms with Gasteiger partial charge in [0.05, 0.1) is 0 Å². The highest BCUT2D eigenvalue weighted by Gasteiger charge is 2.36. The average Bonchev–Trinajstić information content (AvgIpc) is 2.69. The van der Waals surface area contributed by atoms with Crippen molar-refractivity contribution in [3.8, 4) is 0 Å². The summed E-state index contributed by atoms with van der Waals surface area (Å²) in [6.07, 6.45) is 24.4. The van der Waals surface area contributed by atoms with Crippen molar-refractivity contribution in [2.45, 2.75) is 153 Å². The summed E-state index contributed by atoms with van der Waals surface area (Å²) in [5.41, 5.74) is 0. The van der Waals surface area contributed by atoms with Crippen molar-refractivity contribution in [1.82, 2.24) is 4.31 Å². The Hall–Kier alpha value is -0.220. The van der Waals surface area contributed by atoms with Crippen LogP contribution in [0.3, 0.4) is 0 Å². The molecule has 2 saturated carbocycles. The number of nitrogens with two attached hydrogens (primary N) is 1. The summed E-state index contributed by atoms with van der Waals surface area (Å²) in [6, 6.07) is -0.205. The van der Waals surface area contributed by atoms with Crippen LogP contribution in [0.2, 0.25) is 0 Å². The van der Waals surface area contributed by atoms with Crippen LogP contribution in [0.25, 0.3) is 0 Å². The minimum absolute atomic E-state index is 0.103. The van der Waals surface area contributed by atoms with E-state index in [-0.39, 0.29) is 12.1 Å². The molecule has 2 fully saturated rings. The molecule has 0 bridgehead atoms. The van der Waals surface area contributed by atoms with E-state index in [1.807, 2.05) is 0 Å². The quantitative estimate of drug-likeness (QED) is 0.429. The lowest BCUT2D eigenvalue weighted by Gasteiger charge is -2.38. The summed E-state index contributed by atoms with van der Waals surface area (Å²) >= 11 is 0. The summed E-state index contributed by atoms with van der Waals surface area (Å²) in [5.74, 6) is 0. The average molecular weight is 508 g/mol. The molecule has 0 aromatic heterocycles. The number of hydrogen-bond acceptors (Lipinski definition) is 5. The van der Waals surface area contributed by atoms with Gasteiger partial charge in [0.25, 0.3) is 0 Å². The predicted molar refractivity (Wildman–Crippen MR) is 136 cm³/mol. The number of hydrogen-bond donors (Lipinski definition) is 2. The minimum atomic E-state index is -4.49. The lowest BCUT2D eigenvalue weighted by Crippen LogP contribution is -2.48. The van der Waals surface area contributed by atoms with Crippen LogP contribution in [0, 0.1) is 4.78 Å². The van der Waals surface area contributed by atoms with Crippen molar-refractivity contribution >= 4 is 20.5 Å². The molecule has 7 nitrogen and oxygen atoms in total. The van der Waals surface area contributed by atoms with Crippen LogP contribution < -0.4 is 5.14 Å². The van der Waals surface area contributed by atoms with E-state index >= 15 is 0 Å². The van der Waals surface area contributed by atoms with Gasteiger partial charge in [-0.2, -0.15) is 12.7 Å². The van der Waals surface area contributed by atoms with Crippen LogP contribution in [-0.4, -0.2) is 29.0 Å². The topological polar surface area (TPSA) is 114 Å². The highest BCUT2D eigenvalue weighted by Crippen LogP contribution is 2.31. The largest absolute Gasteiger partial charge is 0.347 e. The molecule has 0 spiro atoms. The third-order valence-electron chi connectivity index (χ3n) is 7.33. The molecule has 1 atom stereocenters. The van der Waals surface area contributed by atoms with Crippen molar-refractivity contribution in [2.24, 2.45) is 5.14 Å². The number of nitrogens with one attached hydrogen (secondary N) is 1. The molecule has 1 unspecified atom stereocenters. The molecular weight excluding hydrogens is 458 g/mol. The maximum Gasteiger partial charge on any atom is 0.347 e. The van der Waals surface area contributed by atoms with Gasteiger partial charge in [-0.3, -0.25) is 0 Å². The first-order chi connectivity index (χ1) is 15.8. The summed E-state index contributed by atoms with van der Waals surface area (Å²) in [4.78, 5) is 0. The van der Waals surface area contributed by atoms with Gasteiger partial charge in [0, 0.05) is 12.1 Å². The van der Waals surface area contributed by atoms with Gasteiger partial charge >= 0.3 is 10.3 Å². The Morgan fingerprint density at radius 3 is 1.03 bits per heavy atom. The van der Waals surface area contributed by atoms with Crippen molar-refractivity contribution in [3.63, 3.8) is 0 Å². The molecule has 3 N–H and O–H groups in total. The fourth-order valence-corrected chi connectivity index (χ4v) is 8.16. The van der Waals surface area contributed by atoms with Crippen molar-refractivity contribution in [3.05, 3.63) is 0 Å². The van der Waals surface area contributed by atoms with E-state index in [9.17, 15) is 12.6 Å². The molecule has 0 saturated heterocycles. The zero-order chi connectivity index (χ0) is 24.0. The Labute approximate surface area is 204 Å². The van der Waals surface area contributed by atoms with Gasteiger partial charge < -0.3 is 0 Å². The zero-order valence-corrected chi connectivity index (χ0v) is 22.3. The maximum atomic E-state index is 13.6. The van der Waals surface area contributed by atoms with Crippen LogP contribution in [0.5, 0.6) is 0 Å². The molecule has 33 heavy (non-hydrogen) atoms. The monoisotopic (exact) mass is 507 g/mol. The van der Waals surface area contributed by atoms with Crippen LogP contribution >= 0.6 is 0 Å². The third-order valence-corrected chi connectivity index (χ3v) is 9.98. The predicted octanol–water partition coefficient (Wildman–Crippen LogP) is 6.73. The van der Waals surface area contributed by atoms with Gasteiger partial charge in [-0.25, -0.2) is 14.1 Å². The van der Waals surface area contributed by atoms with E-state index < -0.39 is 20.5 Å². The number of rotatable bonds is 5. The molecule has 0 aliphatic heterocycles. The van der Waals surface area contributed by atoms with Gasteiger partial charge in [0.2, 0.25) is 10.2 Å².